The van der Waals surface area contributed by atoms with Gasteiger partial charge in [-0.25, -0.2) is 4.39 Å². The quantitative estimate of drug-likeness (QED) is 0.220. The van der Waals surface area contributed by atoms with Crippen LogP contribution in [0.5, 0.6) is 11.5 Å². The summed E-state index contributed by atoms with van der Waals surface area (Å²) in [6.45, 7) is 3.20. The zero-order valence-electron chi connectivity index (χ0n) is 22.6. The van der Waals surface area contributed by atoms with Crippen molar-refractivity contribution < 1.29 is 28.2 Å². The molecule has 1 aliphatic rings. The van der Waals surface area contributed by atoms with E-state index in [0.717, 1.165) is 10.9 Å². The van der Waals surface area contributed by atoms with Gasteiger partial charge in [0.25, 0.3) is 11.8 Å². The van der Waals surface area contributed by atoms with E-state index >= 15 is 4.39 Å². The molecule has 2 atom stereocenters. The Morgan fingerprint density at radius 3 is 2.24 bits per heavy atom. The molecule has 10 nitrogen and oxygen atoms in total. The number of methoxy groups -OCH3 is 1. The van der Waals surface area contributed by atoms with Crippen molar-refractivity contribution in [1.82, 2.24) is 26.1 Å². The molecule has 4 aromatic rings. The Kier molecular flexibility index (Phi) is 8.25. The zero-order chi connectivity index (χ0) is 28.9. The third-order valence-electron chi connectivity index (χ3n) is 6.94. The number of hydrogen-bond acceptors (Lipinski definition) is 7. The van der Waals surface area contributed by atoms with Crippen LogP contribution in [0, 0.1) is 5.82 Å². The first kappa shape index (κ1) is 27.8. The van der Waals surface area contributed by atoms with Crippen LogP contribution in [-0.4, -0.2) is 66.7 Å². The first-order valence-corrected chi connectivity index (χ1v) is 13.3. The fourth-order valence-electron chi connectivity index (χ4n) is 4.73. The van der Waals surface area contributed by atoms with Gasteiger partial charge in [-0.15, -0.1) is 0 Å². The van der Waals surface area contributed by atoms with E-state index in [2.05, 4.69) is 26.1 Å². The van der Waals surface area contributed by atoms with Gasteiger partial charge in [-0.1, -0.05) is 19.1 Å². The summed E-state index contributed by atoms with van der Waals surface area (Å²) in [5.74, 6) is -1.95. The smallest absolute Gasteiger partial charge is 0.251 e. The summed E-state index contributed by atoms with van der Waals surface area (Å²) < 4.78 is 25.7. The SMILES string of the molecule is CCCOc1ccc(O[11CH3])c(F)c1C(=O)c1ccc(C(=O)N[C@@H]2CNC[C@H]2NC(=O)c2ccc3[nH]ncc3c2)cc1. The molecule has 0 unspecified atom stereocenters. The molecule has 1 saturated heterocycles. The number of ketones is 1. The summed E-state index contributed by atoms with van der Waals surface area (Å²) in [6, 6.07) is 13.4. The van der Waals surface area contributed by atoms with Crippen LogP contribution >= 0.6 is 0 Å². The lowest BCUT2D eigenvalue weighted by molar-refractivity contribution is 0.0896. The second-order valence-electron chi connectivity index (χ2n) is 9.70. The van der Waals surface area contributed by atoms with E-state index in [4.69, 9.17) is 9.47 Å². The van der Waals surface area contributed by atoms with Gasteiger partial charge < -0.3 is 25.4 Å². The molecule has 41 heavy (non-hydrogen) atoms. The van der Waals surface area contributed by atoms with Crippen LogP contribution in [0.15, 0.2) is 60.8 Å². The lowest BCUT2D eigenvalue weighted by Crippen LogP contribution is -2.51. The molecule has 0 spiro atoms. The van der Waals surface area contributed by atoms with Crippen LogP contribution in [0.4, 0.5) is 4.39 Å². The van der Waals surface area contributed by atoms with Crippen LogP contribution in [-0.2, 0) is 0 Å². The number of ether oxygens (including phenoxy) is 2. The lowest BCUT2D eigenvalue weighted by Gasteiger charge is -2.21. The first-order valence-electron chi connectivity index (χ1n) is 13.3. The molecule has 0 bridgehead atoms. The largest absolute Gasteiger partial charge is 0.494 e. The topological polar surface area (TPSA) is 134 Å². The van der Waals surface area contributed by atoms with E-state index < -0.39 is 11.6 Å². The van der Waals surface area contributed by atoms with Crippen LogP contribution in [0.2, 0.25) is 0 Å². The average molecular weight is 559 g/mol. The van der Waals surface area contributed by atoms with Gasteiger partial charge in [0.1, 0.15) is 11.3 Å². The summed E-state index contributed by atoms with van der Waals surface area (Å²) >= 11 is 0. The third-order valence-corrected chi connectivity index (χ3v) is 6.94. The third kappa shape index (κ3) is 5.90. The number of carbonyl (C=O) groups is 3. The highest BCUT2D eigenvalue weighted by Gasteiger charge is 2.30. The maximum absolute atomic E-state index is 15.1. The van der Waals surface area contributed by atoms with Crippen molar-refractivity contribution in [2.75, 3.05) is 26.8 Å². The summed E-state index contributed by atoms with van der Waals surface area (Å²) in [6.07, 6.45) is 2.34. The monoisotopic (exact) mass is 558 g/mol. The second-order valence-corrected chi connectivity index (χ2v) is 9.70. The molecule has 11 heteroatoms. The zero-order valence-corrected chi connectivity index (χ0v) is 22.6. The molecule has 1 fully saturated rings. The maximum Gasteiger partial charge on any atom is 0.251 e. The van der Waals surface area contributed by atoms with Crippen molar-refractivity contribution in [3.05, 3.63) is 88.9 Å². The summed E-state index contributed by atoms with van der Waals surface area (Å²) in [4.78, 5) is 39.2. The van der Waals surface area contributed by atoms with Gasteiger partial charge >= 0.3 is 0 Å². The molecule has 0 saturated carbocycles. The normalized spacial score (nSPS) is 16.4. The Hall–Kier alpha value is -4.77. The highest BCUT2D eigenvalue weighted by atomic mass is 19.1. The number of nitrogens with one attached hydrogen (secondary N) is 4. The summed E-state index contributed by atoms with van der Waals surface area (Å²) in [5, 5.41) is 16.8. The molecular weight excluding hydrogens is 528 g/mol. The highest BCUT2D eigenvalue weighted by molar-refractivity contribution is 6.11. The Balaban J connectivity index is 1.26. The van der Waals surface area contributed by atoms with Crippen molar-refractivity contribution in [3.8, 4) is 11.5 Å². The van der Waals surface area contributed by atoms with Crippen LogP contribution in [0.25, 0.3) is 10.9 Å². The van der Waals surface area contributed by atoms with Crippen LogP contribution in [0.1, 0.15) is 50.0 Å². The molecule has 5 rings (SSSR count). The Labute approximate surface area is 235 Å². The van der Waals surface area contributed by atoms with Gasteiger partial charge in [-0.2, -0.15) is 5.10 Å². The van der Waals surface area contributed by atoms with Gasteiger partial charge in [-0.05, 0) is 48.9 Å². The minimum atomic E-state index is -0.806. The minimum absolute atomic E-state index is 0.0676. The predicted octanol–water partition coefficient (Wildman–Crippen LogP) is 3.23. The Bertz CT molecular complexity index is 1590. The van der Waals surface area contributed by atoms with E-state index in [1.54, 1.807) is 24.4 Å². The van der Waals surface area contributed by atoms with E-state index in [1.165, 1.54) is 43.5 Å². The molecule has 2 amide bonds. The maximum atomic E-state index is 15.1. The molecule has 1 aromatic heterocycles. The molecule has 0 aliphatic carbocycles. The molecular formula is C30H30FN5O5. The van der Waals surface area contributed by atoms with E-state index in [9.17, 15) is 14.4 Å². The Morgan fingerprint density at radius 2 is 1.56 bits per heavy atom. The van der Waals surface area contributed by atoms with Gasteiger partial charge in [-0.3, -0.25) is 19.5 Å². The summed E-state index contributed by atoms with van der Waals surface area (Å²) in [7, 11) is 1.32. The molecule has 2 heterocycles. The highest BCUT2D eigenvalue weighted by Crippen LogP contribution is 2.31. The Morgan fingerprint density at radius 1 is 0.927 bits per heavy atom. The van der Waals surface area contributed by atoms with Crippen molar-refractivity contribution in [1.29, 1.82) is 0 Å². The minimum Gasteiger partial charge on any atom is -0.494 e. The number of nitrogens with zero attached hydrogens (tertiary/aromatic N) is 1. The first-order chi connectivity index (χ1) is 19.9. The number of halogens is 1. The number of carbonyl (C=O) groups excluding carboxylic acids is 3. The number of aromatic amines is 1. The number of hydrogen-bond donors (Lipinski definition) is 4. The van der Waals surface area contributed by atoms with Crippen molar-refractivity contribution in [3.63, 3.8) is 0 Å². The number of rotatable bonds is 10. The average Bonchev–Trinajstić information content (AvgIpc) is 3.64. The van der Waals surface area contributed by atoms with E-state index in [-0.39, 0.29) is 46.5 Å². The van der Waals surface area contributed by atoms with Gasteiger partial charge in [0.15, 0.2) is 17.3 Å². The van der Waals surface area contributed by atoms with Crippen molar-refractivity contribution in [2.45, 2.75) is 25.4 Å². The fourth-order valence-corrected chi connectivity index (χ4v) is 4.73. The van der Waals surface area contributed by atoms with Gasteiger partial charge in [0.2, 0.25) is 0 Å². The molecule has 0 radical (unpaired) electrons. The molecule has 1 aliphatic heterocycles. The van der Waals surface area contributed by atoms with Crippen molar-refractivity contribution >= 4 is 28.5 Å². The molecule has 212 valence electrons. The van der Waals surface area contributed by atoms with Crippen molar-refractivity contribution in [2.24, 2.45) is 0 Å². The summed E-state index contributed by atoms with van der Waals surface area (Å²) in [5.41, 5.74) is 1.61. The van der Waals surface area contributed by atoms with E-state index in [1.807, 2.05) is 6.92 Å². The number of benzene rings is 3. The number of H-pyrrole nitrogens is 1. The second kappa shape index (κ2) is 12.2. The van der Waals surface area contributed by atoms with E-state index in [0.29, 0.717) is 37.2 Å². The molecule has 3 aromatic carbocycles. The van der Waals surface area contributed by atoms with Gasteiger partial charge in [0, 0.05) is 35.2 Å². The lowest BCUT2D eigenvalue weighted by atomic mass is 9.99. The fraction of sp³-hybridized carbons (Fsp3) is 0.267. The predicted molar refractivity (Wildman–Crippen MR) is 150 cm³/mol. The standard InChI is InChI=1S/C30H30FN5O5/c1-3-12-41-24-10-11-25(40-2)27(31)26(24)28(37)17-4-6-18(7-5-17)29(38)34-22-15-32-16-23(22)35-30(39)19-8-9-21-20(13-19)14-33-36-21/h4-11,13-14,22-23,32H,3,12,15-16H2,1-2H3,(H,33,36)(H,34,38)(H,35,39)/t22-,23-/m1/s1/i2-1. The van der Waals surface area contributed by atoms with Gasteiger partial charge in [0.05, 0.1) is 37.5 Å². The molecule has 4 N–H and O–H groups in total. The number of fused-ring (bicyclic) bond motifs is 1. The number of aromatic nitrogens is 2. The van der Waals surface area contributed by atoms with Crippen LogP contribution in [0.3, 0.4) is 0 Å². The number of amides is 2. The van der Waals surface area contributed by atoms with Crippen LogP contribution < -0.4 is 25.4 Å².